The number of sulfonamides is 1. The fraction of sp³-hybridized carbons (Fsp3) is 0.462. The number of nitrogens with one attached hydrogen (secondary N) is 1. The van der Waals surface area contributed by atoms with E-state index in [1.54, 1.807) is 25.1 Å². The highest BCUT2D eigenvalue weighted by Crippen LogP contribution is 2.34. The Labute approximate surface area is 202 Å². The lowest BCUT2D eigenvalue weighted by Crippen LogP contribution is -2.71. The smallest absolute Gasteiger partial charge is 0.247 e. The van der Waals surface area contributed by atoms with Crippen molar-refractivity contribution in [1.82, 2.24) is 9.62 Å². The fourth-order valence-electron chi connectivity index (χ4n) is 5.07. The molecular weight excluding hydrogens is 450 g/mol. The molecule has 2 aliphatic rings. The molecule has 0 unspecified atom stereocenters. The molecule has 2 aromatic carbocycles. The average molecular weight is 484 g/mol. The van der Waals surface area contributed by atoms with Crippen LogP contribution in [0.2, 0.25) is 0 Å². The van der Waals surface area contributed by atoms with Crippen LogP contribution >= 0.6 is 0 Å². The number of para-hydroxylation sites is 1. The summed E-state index contributed by atoms with van der Waals surface area (Å²) in [5, 5.41) is 3.14. The SMILES string of the molecule is CCc1ccccc1N1C(=O)CN(S(=O)(=O)c2ccccc2)C[C@]1(C)C(=O)NC1CCCCC1. The summed E-state index contributed by atoms with van der Waals surface area (Å²) in [5.74, 6) is -0.723. The molecule has 1 aliphatic carbocycles. The van der Waals surface area contributed by atoms with Gasteiger partial charge >= 0.3 is 0 Å². The van der Waals surface area contributed by atoms with Gasteiger partial charge in [-0.15, -0.1) is 0 Å². The van der Waals surface area contributed by atoms with Crippen LogP contribution in [-0.4, -0.2) is 49.2 Å². The van der Waals surface area contributed by atoms with E-state index in [1.807, 2.05) is 31.2 Å². The van der Waals surface area contributed by atoms with Crippen molar-refractivity contribution >= 4 is 27.5 Å². The normalized spacial score (nSPS) is 22.5. The van der Waals surface area contributed by atoms with Crippen molar-refractivity contribution in [1.29, 1.82) is 0 Å². The number of benzene rings is 2. The fourth-order valence-corrected chi connectivity index (χ4v) is 6.57. The van der Waals surface area contributed by atoms with E-state index in [1.165, 1.54) is 17.0 Å². The lowest BCUT2D eigenvalue weighted by atomic mass is 9.90. The highest BCUT2D eigenvalue weighted by Gasteiger charge is 2.51. The minimum absolute atomic E-state index is 0.0394. The second kappa shape index (κ2) is 9.88. The van der Waals surface area contributed by atoms with Gasteiger partial charge in [-0.3, -0.25) is 14.5 Å². The van der Waals surface area contributed by atoms with Crippen LogP contribution in [-0.2, 0) is 26.0 Å². The number of piperazine rings is 1. The first kappa shape index (κ1) is 24.4. The van der Waals surface area contributed by atoms with Crippen LogP contribution in [0.1, 0.15) is 51.5 Å². The summed E-state index contributed by atoms with van der Waals surface area (Å²) in [6.45, 7) is 3.25. The molecule has 34 heavy (non-hydrogen) atoms. The van der Waals surface area contributed by atoms with Gasteiger partial charge in [-0.2, -0.15) is 4.31 Å². The third kappa shape index (κ3) is 4.61. The Bertz CT molecular complexity index is 1150. The molecule has 182 valence electrons. The number of carbonyl (C=O) groups excluding carboxylic acids is 2. The van der Waals surface area contributed by atoms with Gasteiger partial charge in [0.05, 0.1) is 11.4 Å². The zero-order valence-electron chi connectivity index (χ0n) is 19.9. The van der Waals surface area contributed by atoms with E-state index in [0.29, 0.717) is 12.1 Å². The first-order valence-electron chi connectivity index (χ1n) is 12.0. The molecule has 4 rings (SSSR count). The summed E-state index contributed by atoms with van der Waals surface area (Å²) in [6.07, 6.45) is 5.74. The predicted octanol–water partition coefficient (Wildman–Crippen LogP) is 3.49. The molecule has 1 aliphatic heterocycles. The van der Waals surface area contributed by atoms with E-state index >= 15 is 0 Å². The Balaban J connectivity index is 1.75. The summed E-state index contributed by atoms with van der Waals surface area (Å²) in [7, 11) is -3.95. The first-order valence-corrected chi connectivity index (χ1v) is 13.5. The van der Waals surface area contributed by atoms with Gasteiger partial charge in [0.1, 0.15) is 5.54 Å². The third-order valence-electron chi connectivity index (χ3n) is 6.96. The lowest BCUT2D eigenvalue weighted by molar-refractivity contribution is -0.133. The van der Waals surface area contributed by atoms with Crippen molar-refractivity contribution in [3.8, 4) is 0 Å². The van der Waals surface area contributed by atoms with Gasteiger partial charge in [0, 0.05) is 18.3 Å². The van der Waals surface area contributed by atoms with E-state index in [2.05, 4.69) is 5.32 Å². The monoisotopic (exact) mass is 483 g/mol. The predicted molar refractivity (Wildman–Crippen MR) is 132 cm³/mol. The number of anilines is 1. The summed E-state index contributed by atoms with van der Waals surface area (Å²) < 4.78 is 28.0. The Hall–Kier alpha value is -2.71. The topological polar surface area (TPSA) is 86.8 Å². The van der Waals surface area contributed by atoms with Crippen LogP contribution in [0.25, 0.3) is 0 Å². The molecule has 1 atom stereocenters. The van der Waals surface area contributed by atoms with Gasteiger partial charge in [-0.25, -0.2) is 8.42 Å². The van der Waals surface area contributed by atoms with Gasteiger partial charge in [-0.1, -0.05) is 62.6 Å². The zero-order chi connectivity index (χ0) is 24.3. The van der Waals surface area contributed by atoms with Gasteiger partial charge in [0.25, 0.3) is 0 Å². The highest BCUT2D eigenvalue weighted by molar-refractivity contribution is 7.89. The maximum atomic E-state index is 13.8. The molecule has 0 aromatic heterocycles. The summed E-state index contributed by atoms with van der Waals surface area (Å²) >= 11 is 0. The Morgan fingerprint density at radius 3 is 2.35 bits per heavy atom. The number of aryl methyl sites for hydroxylation is 1. The number of nitrogens with zero attached hydrogens (tertiary/aromatic N) is 2. The minimum Gasteiger partial charge on any atom is -0.351 e. The maximum absolute atomic E-state index is 13.8. The van der Waals surface area contributed by atoms with Gasteiger partial charge in [-0.05, 0) is 49.9 Å². The summed E-state index contributed by atoms with van der Waals surface area (Å²) in [4.78, 5) is 29.0. The van der Waals surface area contributed by atoms with Crippen molar-refractivity contribution in [2.75, 3.05) is 18.0 Å². The first-order chi connectivity index (χ1) is 16.3. The molecular formula is C26H33N3O4S. The molecule has 0 spiro atoms. The third-order valence-corrected chi connectivity index (χ3v) is 8.77. The van der Waals surface area contributed by atoms with Crippen LogP contribution in [0.4, 0.5) is 5.69 Å². The van der Waals surface area contributed by atoms with E-state index in [9.17, 15) is 18.0 Å². The zero-order valence-corrected chi connectivity index (χ0v) is 20.7. The Morgan fingerprint density at radius 2 is 1.68 bits per heavy atom. The number of hydrogen-bond donors (Lipinski definition) is 1. The van der Waals surface area contributed by atoms with Gasteiger partial charge in [0.15, 0.2) is 0 Å². The molecule has 1 saturated carbocycles. The molecule has 1 heterocycles. The minimum atomic E-state index is -3.95. The van der Waals surface area contributed by atoms with E-state index in [0.717, 1.165) is 42.0 Å². The molecule has 2 amide bonds. The van der Waals surface area contributed by atoms with Crippen molar-refractivity contribution < 1.29 is 18.0 Å². The van der Waals surface area contributed by atoms with Gasteiger partial charge < -0.3 is 5.32 Å². The molecule has 2 fully saturated rings. The number of carbonyl (C=O) groups is 2. The average Bonchev–Trinajstić information content (AvgIpc) is 2.85. The summed E-state index contributed by atoms with van der Waals surface area (Å²) in [6, 6.07) is 15.6. The van der Waals surface area contributed by atoms with Crippen molar-refractivity contribution in [3.63, 3.8) is 0 Å². The van der Waals surface area contributed by atoms with E-state index < -0.39 is 21.5 Å². The van der Waals surface area contributed by atoms with E-state index in [-0.39, 0.29) is 29.9 Å². The van der Waals surface area contributed by atoms with E-state index in [4.69, 9.17) is 0 Å². The number of hydrogen-bond acceptors (Lipinski definition) is 4. The Kier molecular flexibility index (Phi) is 7.09. The van der Waals surface area contributed by atoms with Crippen LogP contribution < -0.4 is 10.2 Å². The molecule has 7 nitrogen and oxygen atoms in total. The number of rotatable bonds is 6. The molecule has 0 radical (unpaired) electrons. The quantitative estimate of drug-likeness (QED) is 0.681. The molecule has 0 bridgehead atoms. The van der Waals surface area contributed by atoms with Crippen molar-refractivity contribution in [2.24, 2.45) is 0 Å². The Morgan fingerprint density at radius 1 is 1.03 bits per heavy atom. The van der Waals surface area contributed by atoms with Crippen LogP contribution in [0.3, 0.4) is 0 Å². The van der Waals surface area contributed by atoms with Crippen molar-refractivity contribution in [3.05, 3.63) is 60.2 Å². The number of amides is 2. The van der Waals surface area contributed by atoms with Crippen LogP contribution in [0, 0.1) is 0 Å². The second-order valence-electron chi connectivity index (χ2n) is 9.38. The lowest BCUT2D eigenvalue weighted by Gasteiger charge is -2.47. The molecule has 1 N–H and O–H groups in total. The largest absolute Gasteiger partial charge is 0.351 e. The standard InChI is InChI=1S/C26H33N3O4S/c1-3-20-12-10-11-17-23(20)29-24(30)18-28(34(32,33)22-15-8-5-9-16-22)19-26(29,2)25(31)27-21-13-6-4-7-14-21/h5,8-12,15-17,21H,3-4,6-7,13-14,18-19H2,1-2H3,(H,27,31)/t26-/m1/s1. The highest BCUT2D eigenvalue weighted by atomic mass is 32.2. The molecule has 2 aromatic rings. The summed E-state index contributed by atoms with van der Waals surface area (Å²) in [5.41, 5.74) is 0.208. The molecule has 1 saturated heterocycles. The second-order valence-corrected chi connectivity index (χ2v) is 11.3. The maximum Gasteiger partial charge on any atom is 0.247 e. The van der Waals surface area contributed by atoms with Crippen molar-refractivity contribution in [2.45, 2.75) is 68.8 Å². The van der Waals surface area contributed by atoms with Crippen LogP contribution in [0.5, 0.6) is 0 Å². The van der Waals surface area contributed by atoms with Crippen LogP contribution in [0.15, 0.2) is 59.5 Å². The van der Waals surface area contributed by atoms with Gasteiger partial charge in [0.2, 0.25) is 21.8 Å². The molecule has 8 heteroatoms.